The van der Waals surface area contributed by atoms with Crippen molar-refractivity contribution in [3.05, 3.63) is 42.0 Å². The van der Waals surface area contributed by atoms with Crippen LogP contribution in [0, 0.1) is 0 Å². The monoisotopic (exact) mass is 345 g/mol. The van der Waals surface area contributed by atoms with Crippen molar-refractivity contribution < 1.29 is 9.53 Å². The summed E-state index contributed by atoms with van der Waals surface area (Å²) >= 11 is 1.74. The van der Waals surface area contributed by atoms with Crippen LogP contribution in [0.15, 0.2) is 41.4 Å². The van der Waals surface area contributed by atoms with Crippen LogP contribution in [-0.4, -0.2) is 28.9 Å². The summed E-state index contributed by atoms with van der Waals surface area (Å²) in [6.45, 7) is 2.18. The van der Waals surface area contributed by atoms with Gasteiger partial charge in [-0.2, -0.15) is 5.10 Å². The summed E-state index contributed by atoms with van der Waals surface area (Å²) in [4.78, 5) is 11.0. The maximum Gasteiger partial charge on any atom is 0.144 e. The third-order valence-corrected chi connectivity index (χ3v) is 4.49. The quantitative estimate of drug-likeness (QED) is 0.322. The van der Waals surface area contributed by atoms with Crippen molar-refractivity contribution in [3.63, 3.8) is 0 Å². The number of aryl methyl sites for hydroxylation is 1. The molecule has 1 N–H and O–H groups in total. The molecule has 0 saturated heterocycles. The fraction of sp³-hybridized carbons (Fsp3) is 0.333. The van der Waals surface area contributed by atoms with Crippen LogP contribution in [0.5, 0.6) is 5.75 Å². The van der Waals surface area contributed by atoms with Crippen molar-refractivity contribution in [2.45, 2.75) is 24.8 Å². The average molecular weight is 345 g/mol. The highest BCUT2D eigenvalue weighted by atomic mass is 32.2. The van der Waals surface area contributed by atoms with Crippen molar-refractivity contribution in [2.24, 2.45) is 7.05 Å². The first kappa shape index (κ1) is 18.1. The van der Waals surface area contributed by atoms with E-state index < -0.39 is 0 Å². The maximum atomic E-state index is 11.0. The van der Waals surface area contributed by atoms with Gasteiger partial charge in [-0.25, -0.2) is 0 Å². The maximum absolute atomic E-state index is 11.0. The van der Waals surface area contributed by atoms with Gasteiger partial charge in [0.2, 0.25) is 0 Å². The zero-order chi connectivity index (χ0) is 17.4. The first-order valence-corrected chi connectivity index (χ1v) is 8.90. The Bertz CT molecular complexity index is 693. The highest BCUT2D eigenvalue weighted by molar-refractivity contribution is 7.99. The number of benzene rings is 1. The number of hydrogen-bond donors (Lipinski definition) is 1. The molecule has 128 valence electrons. The lowest BCUT2D eigenvalue weighted by Gasteiger charge is -2.11. The lowest BCUT2D eigenvalue weighted by molar-refractivity contribution is -0.104. The van der Waals surface area contributed by atoms with Crippen LogP contribution in [-0.2, 0) is 11.8 Å². The Labute approximate surface area is 147 Å². The molecule has 0 saturated carbocycles. The Morgan fingerprint density at radius 1 is 1.38 bits per heavy atom. The molecule has 2 rings (SSSR count). The van der Waals surface area contributed by atoms with Gasteiger partial charge in [0.15, 0.2) is 0 Å². The molecule has 5 nitrogen and oxygen atoms in total. The first-order chi connectivity index (χ1) is 11.7. The van der Waals surface area contributed by atoms with E-state index in [9.17, 15) is 4.79 Å². The molecular weight excluding hydrogens is 322 g/mol. The predicted octanol–water partition coefficient (Wildman–Crippen LogP) is 3.97. The molecule has 1 aromatic heterocycles. The molecule has 0 bridgehead atoms. The van der Waals surface area contributed by atoms with Gasteiger partial charge in [-0.1, -0.05) is 13.3 Å². The number of anilines is 1. The number of allylic oxidation sites excluding steroid dienone is 1. The largest absolute Gasteiger partial charge is 0.497 e. The molecule has 0 fully saturated rings. The zero-order valence-electron chi connectivity index (χ0n) is 14.3. The third-order valence-electron chi connectivity index (χ3n) is 3.50. The van der Waals surface area contributed by atoms with E-state index in [0.717, 1.165) is 39.9 Å². The molecule has 24 heavy (non-hydrogen) atoms. The van der Waals surface area contributed by atoms with E-state index in [-0.39, 0.29) is 0 Å². The summed E-state index contributed by atoms with van der Waals surface area (Å²) in [5, 5.41) is 8.77. The summed E-state index contributed by atoms with van der Waals surface area (Å²) in [6.07, 6.45) is 4.64. The number of carbonyl (C=O) groups excluding carboxylic acids is 1. The van der Waals surface area contributed by atoms with E-state index in [1.165, 1.54) is 18.9 Å². The number of aldehydes is 1. The highest BCUT2D eigenvalue weighted by Crippen LogP contribution is 2.25. The summed E-state index contributed by atoms with van der Waals surface area (Å²) < 4.78 is 6.96. The van der Waals surface area contributed by atoms with Crippen molar-refractivity contribution in [1.29, 1.82) is 0 Å². The minimum absolute atomic E-state index is 0.723. The smallest absolute Gasteiger partial charge is 0.144 e. The van der Waals surface area contributed by atoms with Gasteiger partial charge >= 0.3 is 0 Å². The Morgan fingerprint density at radius 3 is 2.75 bits per heavy atom. The summed E-state index contributed by atoms with van der Waals surface area (Å²) in [5.74, 6) is 2.68. The minimum atomic E-state index is 0.723. The van der Waals surface area contributed by atoms with Crippen molar-refractivity contribution in [2.75, 3.05) is 18.2 Å². The van der Waals surface area contributed by atoms with Crippen LogP contribution in [0.25, 0.3) is 5.70 Å². The Hall–Kier alpha value is -2.21. The fourth-order valence-electron chi connectivity index (χ4n) is 2.14. The molecule has 0 radical (unpaired) electrons. The molecule has 1 heterocycles. The Kier molecular flexibility index (Phi) is 6.93. The van der Waals surface area contributed by atoms with Crippen LogP contribution in [0.1, 0.15) is 25.3 Å². The van der Waals surface area contributed by atoms with E-state index in [1.54, 1.807) is 23.6 Å². The van der Waals surface area contributed by atoms with Gasteiger partial charge in [0.25, 0.3) is 0 Å². The number of methoxy groups -OCH3 is 1. The number of aromatic nitrogens is 2. The molecule has 0 spiro atoms. The van der Waals surface area contributed by atoms with Crippen molar-refractivity contribution in [3.8, 4) is 5.75 Å². The second kappa shape index (κ2) is 9.17. The number of hydrogen-bond acceptors (Lipinski definition) is 5. The number of nitrogens with zero attached hydrogens (tertiary/aromatic N) is 2. The Balaban J connectivity index is 2.15. The second-order valence-electron chi connectivity index (χ2n) is 5.26. The van der Waals surface area contributed by atoms with Crippen LogP contribution < -0.4 is 10.1 Å². The molecular formula is C18H23N3O2S. The number of ether oxygens (including phenoxy) is 1. The molecule has 1 aromatic carbocycles. The number of rotatable bonds is 9. The van der Waals surface area contributed by atoms with Gasteiger partial charge in [0.1, 0.15) is 22.9 Å². The van der Waals surface area contributed by atoms with E-state index in [2.05, 4.69) is 17.3 Å². The molecule has 0 atom stereocenters. The van der Waals surface area contributed by atoms with Gasteiger partial charge in [0, 0.05) is 19.2 Å². The summed E-state index contributed by atoms with van der Waals surface area (Å²) in [7, 11) is 3.52. The zero-order valence-corrected chi connectivity index (χ0v) is 15.1. The molecule has 0 amide bonds. The minimum Gasteiger partial charge on any atom is -0.497 e. The van der Waals surface area contributed by atoms with E-state index in [0.29, 0.717) is 0 Å². The summed E-state index contributed by atoms with van der Waals surface area (Å²) in [5.41, 5.74) is 1.63. The summed E-state index contributed by atoms with van der Waals surface area (Å²) in [6, 6.07) is 9.56. The third kappa shape index (κ3) is 4.89. The lowest BCUT2D eigenvalue weighted by Crippen LogP contribution is -2.04. The van der Waals surface area contributed by atoms with E-state index in [4.69, 9.17) is 4.74 Å². The van der Waals surface area contributed by atoms with Crippen molar-refractivity contribution >= 4 is 29.6 Å². The normalized spacial score (nSPS) is 11.4. The van der Waals surface area contributed by atoms with Crippen molar-refractivity contribution in [1.82, 2.24) is 9.78 Å². The van der Waals surface area contributed by atoms with Crippen LogP contribution in [0.3, 0.4) is 0 Å². The number of thioether (sulfide) groups is 1. The molecule has 0 aliphatic rings. The van der Waals surface area contributed by atoms with Gasteiger partial charge < -0.3 is 10.1 Å². The second-order valence-corrected chi connectivity index (χ2v) is 6.38. The number of carbonyl (C=O) groups is 1. The standard InChI is InChI=1S/C18H23N3O2S/c1-4-5-12-24-18-13-17(21(2)20-18)19-16(10-11-22)14-6-8-15(23-3)9-7-14/h6-11,13,19H,4-5,12H2,1-3H3/b16-10-. The number of nitrogens with one attached hydrogen (secondary N) is 1. The van der Waals surface area contributed by atoms with Gasteiger partial charge in [-0.15, -0.1) is 11.8 Å². The first-order valence-electron chi connectivity index (χ1n) is 7.91. The number of unbranched alkanes of at least 4 members (excludes halogenated alkanes) is 1. The molecule has 0 unspecified atom stereocenters. The lowest BCUT2D eigenvalue weighted by atomic mass is 10.1. The predicted molar refractivity (Wildman–Crippen MR) is 99.5 cm³/mol. The Morgan fingerprint density at radius 2 is 2.12 bits per heavy atom. The highest BCUT2D eigenvalue weighted by Gasteiger charge is 2.09. The topological polar surface area (TPSA) is 56.1 Å². The van der Waals surface area contributed by atoms with Crippen LogP contribution in [0.2, 0.25) is 0 Å². The molecule has 2 aromatic rings. The van der Waals surface area contributed by atoms with Gasteiger partial charge in [0.05, 0.1) is 12.8 Å². The SMILES string of the molecule is CCCCSc1cc(N/C(=C\C=O)c2ccc(OC)cc2)n(C)n1. The van der Waals surface area contributed by atoms with Crippen LogP contribution >= 0.6 is 11.8 Å². The van der Waals surface area contributed by atoms with Crippen LogP contribution in [0.4, 0.5) is 5.82 Å². The average Bonchev–Trinajstić information content (AvgIpc) is 2.94. The van der Waals surface area contributed by atoms with E-state index >= 15 is 0 Å². The van der Waals surface area contributed by atoms with Gasteiger partial charge in [-0.3, -0.25) is 9.48 Å². The molecule has 0 aliphatic heterocycles. The van der Waals surface area contributed by atoms with E-state index in [1.807, 2.05) is 37.4 Å². The van der Waals surface area contributed by atoms with Gasteiger partial charge in [-0.05, 0) is 42.0 Å². The fourth-order valence-corrected chi connectivity index (χ4v) is 3.15. The molecule has 6 heteroatoms. The molecule has 0 aliphatic carbocycles.